The number of rotatable bonds is 12. The van der Waals surface area contributed by atoms with Gasteiger partial charge in [-0.2, -0.15) is 0 Å². The number of carbonyl (C=O) groups excluding carboxylic acids is 1. The van der Waals surface area contributed by atoms with Crippen molar-refractivity contribution in [1.29, 1.82) is 0 Å². The van der Waals surface area contributed by atoms with Gasteiger partial charge in [0.25, 0.3) is 0 Å². The first-order valence-electron chi connectivity index (χ1n) is 14.5. The average molecular weight is 669 g/mol. The van der Waals surface area contributed by atoms with Gasteiger partial charge in [-0.1, -0.05) is 18.2 Å². The molecule has 47 heavy (non-hydrogen) atoms. The van der Waals surface area contributed by atoms with Crippen LogP contribution in [0.2, 0.25) is 0 Å². The van der Waals surface area contributed by atoms with E-state index in [-0.39, 0.29) is 40.9 Å². The van der Waals surface area contributed by atoms with E-state index in [9.17, 15) is 35.4 Å². The Bertz CT molecular complexity index is 1360. The molecular weight excluding hydrogens is 628 g/mol. The van der Waals surface area contributed by atoms with E-state index in [0.29, 0.717) is 5.56 Å². The zero-order valence-electron chi connectivity index (χ0n) is 26.0. The first-order valence-corrected chi connectivity index (χ1v) is 14.5. The van der Waals surface area contributed by atoms with Crippen LogP contribution in [0.25, 0.3) is 6.08 Å². The smallest absolute Gasteiger partial charge is 0.338 e. The lowest BCUT2D eigenvalue weighted by Crippen LogP contribution is -2.60. The Labute approximate surface area is 269 Å². The zero-order chi connectivity index (χ0) is 34.4. The van der Waals surface area contributed by atoms with E-state index in [1.54, 1.807) is 18.2 Å². The lowest BCUT2D eigenvalue weighted by Gasteiger charge is -2.40. The summed E-state index contributed by atoms with van der Waals surface area (Å²) in [4.78, 5) is 13.1. The van der Waals surface area contributed by atoms with E-state index in [4.69, 9.17) is 43.0 Å². The van der Waals surface area contributed by atoms with Crippen LogP contribution in [0.3, 0.4) is 0 Å². The molecule has 16 nitrogen and oxygen atoms in total. The number of carbonyl (C=O) groups is 1. The second-order valence-electron chi connectivity index (χ2n) is 10.7. The van der Waals surface area contributed by atoms with Crippen molar-refractivity contribution in [1.82, 2.24) is 0 Å². The molecule has 7 N–H and O–H groups in total. The second-order valence-corrected chi connectivity index (χ2v) is 10.7. The predicted octanol–water partition coefficient (Wildman–Crippen LogP) is -1.03. The number of aliphatic hydroxyl groups is 7. The molecule has 16 heteroatoms. The Kier molecular flexibility index (Phi) is 12.2. The number of aliphatic hydroxyl groups excluding tert-OH is 7. The van der Waals surface area contributed by atoms with E-state index >= 15 is 0 Å². The average Bonchev–Trinajstić information content (AvgIpc) is 3.08. The molecule has 0 aliphatic carbocycles. The summed E-state index contributed by atoms with van der Waals surface area (Å²) >= 11 is 0. The van der Waals surface area contributed by atoms with Gasteiger partial charge in [-0.05, 0) is 36.8 Å². The quantitative estimate of drug-likeness (QED) is 0.134. The van der Waals surface area contributed by atoms with Crippen LogP contribution in [-0.4, -0.2) is 138 Å². The number of esters is 1. The lowest BCUT2D eigenvalue weighted by molar-refractivity contribution is -0.277. The van der Waals surface area contributed by atoms with Gasteiger partial charge in [0.15, 0.2) is 23.0 Å². The summed E-state index contributed by atoms with van der Waals surface area (Å²) in [5, 5.41) is 71.1. The molecule has 0 spiro atoms. The van der Waals surface area contributed by atoms with E-state index in [1.165, 1.54) is 52.5 Å². The highest BCUT2D eigenvalue weighted by Crippen LogP contribution is 2.41. The summed E-state index contributed by atoms with van der Waals surface area (Å²) in [6.07, 6.45) is -11.6. The van der Waals surface area contributed by atoms with Crippen molar-refractivity contribution in [2.24, 2.45) is 0 Å². The molecule has 10 atom stereocenters. The molecule has 2 aliphatic rings. The van der Waals surface area contributed by atoms with Crippen LogP contribution in [0.1, 0.15) is 22.8 Å². The SMILES string of the molecule is COc1cc(C=CCO)ccc1OC1OC(COC(=O)c2cc(OC)c(OC3OC(C)C(O)C(O)C3O)c(OC)c2)C(O)C(O)C1O. The topological polar surface area (TPSA) is 233 Å². The first kappa shape index (κ1) is 36.1. The fourth-order valence-electron chi connectivity index (χ4n) is 4.93. The van der Waals surface area contributed by atoms with Gasteiger partial charge in [-0.15, -0.1) is 0 Å². The molecule has 0 radical (unpaired) electrons. The van der Waals surface area contributed by atoms with E-state index < -0.39 is 74.0 Å². The van der Waals surface area contributed by atoms with Gasteiger partial charge < -0.3 is 73.6 Å². The van der Waals surface area contributed by atoms with Gasteiger partial charge in [0.1, 0.15) is 49.3 Å². The predicted molar refractivity (Wildman–Crippen MR) is 159 cm³/mol. The minimum absolute atomic E-state index is 0.0341. The van der Waals surface area contributed by atoms with Crippen molar-refractivity contribution in [2.75, 3.05) is 34.5 Å². The number of methoxy groups -OCH3 is 3. The van der Waals surface area contributed by atoms with Crippen molar-refractivity contribution in [3.05, 3.63) is 47.5 Å². The molecule has 2 aromatic rings. The van der Waals surface area contributed by atoms with Crippen molar-refractivity contribution in [3.8, 4) is 28.7 Å². The van der Waals surface area contributed by atoms with E-state index in [0.717, 1.165) is 0 Å². The normalized spacial score (nSPS) is 30.9. The third-order valence-electron chi connectivity index (χ3n) is 7.63. The maximum Gasteiger partial charge on any atom is 0.338 e. The van der Waals surface area contributed by atoms with Crippen molar-refractivity contribution < 1.29 is 78.4 Å². The molecule has 10 unspecified atom stereocenters. The molecule has 0 bridgehead atoms. The number of ether oxygens (including phenoxy) is 8. The molecule has 0 saturated carbocycles. The molecule has 2 saturated heterocycles. The third-order valence-corrected chi connectivity index (χ3v) is 7.63. The van der Waals surface area contributed by atoms with Crippen LogP contribution >= 0.6 is 0 Å². The van der Waals surface area contributed by atoms with E-state index in [1.807, 2.05) is 0 Å². The zero-order valence-corrected chi connectivity index (χ0v) is 26.0. The van der Waals surface area contributed by atoms with Crippen LogP contribution in [0.4, 0.5) is 0 Å². The largest absolute Gasteiger partial charge is 0.493 e. The summed E-state index contributed by atoms with van der Waals surface area (Å²) in [5.41, 5.74) is 0.605. The van der Waals surface area contributed by atoms with Gasteiger partial charge in [0.05, 0.1) is 39.6 Å². The molecule has 2 heterocycles. The summed E-state index contributed by atoms with van der Waals surface area (Å²) in [6, 6.07) is 7.29. The van der Waals surface area contributed by atoms with Crippen molar-refractivity contribution in [2.45, 2.75) is 68.3 Å². The Morgan fingerprint density at radius 2 is 1.34 bits per heavy atom. The molecular formula is C31H40O16. The van der Waals surface area contributed by atoms with Crippen molar-refractivity contribution in [3.63, 3.8) is 0 Å². The van der Waals surface area contributed by atoms with E-state index in [2.05, 4.69) is 0 Å². The Morgan fingerprint density at radius 3 is 1.94 bits per heavy atom. The molecule has 4 rings (SSSR count). The van der Waals surface area contributed by atoms with Gasteiger partial charge in [0, 0.05) is 0 Å². The molecule has 0 amide bonds. The van der Waals surface area contributed by atoms with Crippen molar-refractivity contribution >= 4 is 12.0 Å². The summed E-state index contributed by atoms with van der Waals surface area (Å²) in [7, 11) is 3.96. The minimum atomic E-state index is -1.73. The number of hydrogen-bond donors (Lipinski definition) is 7. The van der Waals surface area contributed by atoms with Crippen LogP contribution in [0.5, 0.6) is 28.7 Å². The fourth-order valence-corrected chi connectivity index (χ4v) is 4.93. The Balaban J connectivity index is 1.47. The Hall–Kier alpha value is -3.71. The summed E-state index contributed by atoms with van der Waals surface area (Å²) < 4.78 is 44.1. The highest BCUT2D eigenvalue weighted by molar-refractivity contribution is 5.91. The molecule has 2 fully saturated rings. The van der Waals surface area contributed by atoms with Crippen LogP contribution < -0.4 is 23.7 Å². The third kappa shape index (κ3) is 8.06. The maximum absolute atomic E-state index is 13.1. The molecule has 2 aliphatic heterocycles. The number of hydrogen-bond acceptors (Lipinski definition) is 16. The Morgan fingerprint density at radius 1 is 0.745 bits per heavy atom. The fraction of sp³-hybridized carbons (Fsp3) is 0.516. The van der Waals surface area contributed by atoms with Crippen LogP contribution in [0.15, 0.2) is 36.4 Å². The van der Waals surface area contributed by atoms with Crippen LogP contribution in [-0.2, 0) is 14.2 Å². The standard InChI is InChI=1S/C31H40O16/c1-14-22(33)24(35)26(37)30(44-14)47-28-19(41-3)11-16(12-20(28)42-4)29(39)43-13-21-23(34)25(36)27(38)31(46-21)45-17-8-7-15(6-5-9-32)10-18(17)40-2/h5-8,10-12,14,21-27,30-38H,9,13H2,1-4H3. The first-order chi connectivity index (χ1) is 22.4. The highest BCUT2D eigenvalue weighted by atomic mass is 16.7. The van der Waals surface area contributed by atoms with Crippen LogP contribution in [0, 0.1) is 0 Å². The van der Waals surface area contributed by atoms with Gasteiger partial charge in [-0.25, -0.2) is 4.79 Å². The van der Waals surface area contributed by atoms with Gasteiger partial charge in [0.2, 0.25) is 18.3 Å². The maximum atomic E-state index is 13.1. The number of benzene rings is 2. The highest BCUT2D eigenvalue weighted by Gasteiger charge is 2.46. The second kappa shape index (κ2) is 15.9. The van der Waals surface area contributed by atoms with Gasteiger partial charge in [-0.3, -0.25) is 0 Å². The molecule has 260 valence electrons. The summed E-state index contributed by atoms with van der Waals surface area (Å²) in [6.45, 7) is 0.751. The summed E-state index contributed by atoms with van der Waals surface area (Å²) in [5.74, 6) is -0.669. The molecule has 0 aromatic heterocycles. The monoisotopic (exact) mass is 668 g/mol. The minimum Gasteiger partial charge on any atom is -0.493 e. The van der Waals surface area contributed by atoms with Gasteiger partial charge >= 0.3 is 5.97 Å². The lowest BCUT2D eigenvalue weighted by atomic mass is 9.99. The molecule has 2 aromatic carbocycles.